The second-order valence-electron chi connectivity index (χ2n) is 4.30. The molecule has 96 valence electrons. The molecule has 0 saturated carbocycles. The van der Waals surface area contributed by atoms with Crippen LogP contribution in [0.2, 0.25) is 0 Å². The fourth-order valence-electron chi connectivity index (χ4n) is 1.90. The third kappa shape index (κ3) is 4.10. The lowest BCUT2D eigenvalue weighted by molar-refractivity contribution is -0.137. The molecule has 0 aromatic heterocycles. The summed E-state index contributed by atoms with van der Waals surface area (Å²) >= 11 is 0. The van der Waals surface area contributed by atoms with Crippen molar-refractivity contribution in [2.24, 2.45) is 11.8 Å². The molecule has 2 atom stereocenters. The standard InChI is InChI=1S/C12H26N2O2/c1-6-13-11(15)10(9(4)5)12(16)14(7-2)8-3/h9-10,12,16H,6-8H2,1-5H3,(H,13,15). The summed E-state index contributed by atoms with van der Waals surface area (Å²) in [6.45, 7) is 11.9. The van der Waals surface area contributed by atoms with Crippen molar-refractivity contribution in [3.8, 4) is 0 Å². The molecule has 0 rings (SSSR count). The monoisotopic (exact) mass is 230 g/mol. The van der Waals surface area contributed by atoms with E-state index >= 15 is 0 Å². The number of hydrogen-bond acceptors (Lipinski definition) is 3. The van der Waals surface area contributed by atoms with E-state index in [0.717, 1.165) is 13.1 Å². The second-order valence-corrected chi connectivity index (χ2v) is 4.30. The minimum Gasteiger partial charge on any atom is -0.378 e. The van der Waals surface area contributed by atoms with Crippen molar-refractivity contribution in [1.29, 1.82) is 0 Å². The molecule has 1 amide bonds. The Morgan fingerprint density at radius 2 is 1.75 bits per heavy atom. The van der Waals surface area contributed by atoms with Crippen molar-refractivity contribution in [1.82, 2.24) is 10.2 Å². The van der Waals surface area contributed by atoms with E-state index in [1.165, 1.54) is 0 Å². The average Bonchev–Trinajstić information content (AvgIpc) is 2.19. The van der Waals surface area contributed by atoms with Crippen LogP contribution < -0.4 is 5.32 Å². The van der Waals surface area contributed by atoms with E-state index in [2.05, 4.69) is 5.32 Å². The van der Waals surface area contributed by atoms with Gasteiger partial charge in [-0.2, -0.15) is 0 Å². The number of nitrogens with one attached hydrogen (secondary N) is 1. The molecular weight excluding hydrogens is 204 g/mol. The first-order chi connectivity index (χ1) is 7.49. The fourth-order valence-corrected chi connectivity index (χ4v) is 1.90. The van der Waals surface area contributed by atoms with E-state index in [1.54, 1.807) is 0 Å². The molecule has 2 N–H and O–H groups in total. The van der Waals surface area contributed by atoms with Gasteiger partial charge in [-0.1, -0.05) is 27.7 Å². The highest BCUT2D eigenvalue weighted by atomic mass is 16.3. The van der Waals surface area contributed by atoms with E-state index in [1.807, 2.05) is 39.5 Å². The van der Waals surface area contributed by atoms with E-state index < -0.39 is 6.23 Å². The number of aliphatic hydroxyl groups excluding tert-OH is 1. The van der Waals surface area contributed by atoms with Crippen LogP contribution in [-0.2, 0) is 4.79 Å². The summed E-state index contributed by atoms with van der Waals surface area (Å²) in [6, 6.07) is 0. The maximum Gasteiger partial charge on any atom is 0.227 e. The molecule has 0 aromatic rings. The van der Waals surface area contributed by atoms with E-state index in [-0.39, 0.29) is 17.7 Å². The zero-order valence-corrected chi connectivity index (χ0v) is 11.2. The SMILES string of the molecule is CCNC(=O)C(C(C)C)C(O)N(CC)CC. The summed E-state index contributed by atoms with van der Waals surface area (Å²) in [7, 11) is 0. The predicted octanol–water partition coefficient (Wildman–Crippen LogP) is 1.05. The summed E-state index contributed by atoms with van der Waals surface area (Å²) in [6.07, 6.45) is -0.693. The Bertz CT molecular complexity index is 203. The van der Waals surface area contributed by atoms with Gasteiger partial charge in [-0.25, -0.2) is 0 Å². The van der Waals surface area contributed by atoms with Gasteiger partial charge in [0.2, 0.25) is 5.91 Å². The van der Waals surface area contributed by atoms with Gasteiger partial charge in [-0.05, 0) is 25.9 Å². The lowest BCUT2D eigenvalue weighted by atomic mass is 9.92. The summed E-state index contributed by atoms with van der Waals surface area (Å²) in [5, 5.41) is 13.0. The Balaban J connectivity index is 4.69. The molecule has 0 aliphatic carbocycles. The Morgan fingerprint density at radius 3 is 2.06 bits per heavy atom. The molecule has 2 unspecified atom stereocenters. The Kier molecular flexibility index (Phi) is 7.34. The number of aliphatic hydroxyl groups is 1. The van der Waals surface area contributed by atoms with Gasteiger partial charge < -0.3 is 10.4 Å². The lowest BCUT2D eigenvalue weighted by Crippen LogP contribution is -2.49. The molecule has 0 heterocycles. The van der Waals surface area contributed by atoms with Gasteiger partial charge in [0.15, 0.2) is 0 Å². The van der Waals surface area contributed by atoms with Crippen molar-refractivity contribution in [3.05, 3.63) is 0 Å². The molecule has 0 aromatic carbocycles. The third-order valence-electron chi connectivity index (χ3n) is 2.88. The second kappa shape index (κ2) is 7.63. The number of carbonyl (C=O) groups excluding carboxylic acids is 1. The van der Waals surface area contributed by atoms with Crippen LogP contribution in [-0.4, -0.2) is 41.8 Å². The molecule has 0 saturated heterocycles. The quantitative estimate of drug-likeness (QED) is 0.643. The molecule has 0 aliphatic heterocycles. The normalized spacial score (nSPS) is 15.2. The van der Waals surface area contributed by atoms with E-state index in [9.17, 15) is 9.90 Å². The number of carbonyl (C=O) groups is 1. The molecule has 0 spiro atoms. The van der Waals surface area contributed by atoms with Gasteiger partial charge in [0.1, 0.15) is 6.23 Å². The largest absolute Gasteiger partial charge is 0.378 e. The van der Waals surface area contributed by atoms with E-state index in [4.69, 9.17) is 0 Å². The van der Waals surface area contributed by atoms with Gasteiger partial charge in [-0.15, -0.1) is 0 Å². The molecule has 0 bridgehead atoms. The predicted molar refractivity (Wildman–Crippen MR) is 65.9 cm³/mol. The summed E-state index contributed by atoms with van der Waals surface area (Å²) < 4.78 is 0. The van der Waals surface area contributed by atoms with Gasteiger partial charge in [-0.3, -0.25) is 9.69 Å². The highest BCUT2D eigenvalue weighted by Gasteiger charge is 2.32. The van der Waals surface area contributed by atoms with Crippen molar-refractivity contribution in [2.45, 2.75) is 40.8 Å². The molecule has 0 radical (unpaired) electrons. The average molecular weight is 230 g/mol. The van der Waals surface area contributed by atoms with Crippen molar-refractivity contribution in [3.63, 3.8) is 0 Å². The number of nitrogens with zero attached hydrogens (tertiary/aromatic N) is 1. The van der Waals surface area contributed by atoms with Gasteiger partial charge in [0, 0.05) is 6.54 Å². The van der Waals surface area contributed by atoms with Crippen LogP contribution >= 0.6 is 0 Å². The summed E-state index contributed by atoms with van der Waals surface area (Å²) in [5.41, 5.74) is 0. The molecule has 4 nitrogen and oxygen atoms in total. The molecule has 0 fully saturated rings. The Hall–Kier alpha value is -0.610. The van der Waals surface area contributed by atoms with Crippen LogP contribution in [0.5, 0.6) is 0 Å². The Labute approximate surface area is 99.0 Å². The Morgan fingerprint density at radius 1 is 1.25 bits per heavy atom. The first-order valence-electron chi connectivity index (χ1n) is 6.19. The van der Waals surface area contributed by atoms with Crippen LogP contribution in [0.25, 0.3) is 0 Å². The highest BCUT2D eigenvalue weighted by Crippen LogP contribution is 2.18. The van der Waals surface area contributed by atoms with Crippen molar-refractivity contribution in [2.75, 3.05) is 19.6 Å². The van der Waals surface area contributed by atoms with Gasteiger partial charge in [0.05, 0.1) is 5.92 Å². The number of rotatable bonds is 7. The maximum atomic E-state index is 11.9. The summed E-state index contributed by atoms with van der Waals surface area (Å²) in [5.74, 6) is -0.293. The molecule has 4 heteroatoms. The van der Waals surface area contributed by atoms with Crippen LogP contribution in [0.1, 0.15) is 34.6 Å². The van der Waals surface area contributed by atoms with Crippen LogP contribution in [0, 0.1) is 11.8 Å². The molecule has 16 heavy (non-hydrogen) atoms. The zero-order chi connectivity index (χ0) is 12.7. The van der Waals surface area contributed by atoms with Gasteiger partial charge >= 0.3 is 0 Å². The number of amides is 1. The van der Waals surface area contributed by atoms with Crippen molar-refractivity contribution < 1.29 is 9.90 Å². The van der Waals surface area contributed by atoms with Crippen LogP contribution in [0.3, 0.4) is 0 Å². The first kappa shape index (κ1) is 15.4. The van der Waals surface area contributed by atoms with Gasteiger partial charge in [0.25, 0.3) is 0 Å². The smallest absolute Gasteiger partial charge is 0.227 e. The minimum atomic E-state index is -0.693. The lowest BCUT2D eigenvalue weighted by Gasteiger charge is -2.33. The van der Waals surface area contributed by atoms with Crippen LogP contribution in [0.4, 0.5) is 0 Å². The minimum absolute atomic E-state index is 0.0584. The summed E-state index contributed by atoms with van der Waals surface area (Å²) in [4.78, 5) is 13.8. The molecular formula is C12H26N2O2. The fraction of sp³-hybridized carbons (Fsp3) is 0.917. The zero-order valence-electron chi connectivity index (χ0n) is 11.2. The highest BCUT2D eigenvalue weighted by molar-refractivity contribution is 5.79. The first-order valence-corrected chi connectivity index (χ1v) is 6.19. The van der Waals surface area contributed by atoms with E-state index in [0.29, 0.717) is 6.54 Å². The topological polar surface area (TPSA) is 52.6 Å². The maximum absolute atomic E-state index is 11.9. The van der Waals surface area contributed by atoms with Crippen LogP contribution in [0.15, 0.2) is 0 Å². The third-order valence-corrected chi connectivity index (χ3v) is 2.88. The van der Waals surface area contributed by atoms with Crippen molar-refractivity contribution >= 4 is 5.91 Å². The molecule has 0 aliphatic rings. The number of hydrogen-bond donors (Lipinski definition) is 2.